The van der Waals surface area contributed by atoms with Crippen LogP contribution in [0.4, 0.5) is 5.82 Å². The monoisotopic (exact) mass is 347 g/mol. The maximum absolute atomic E-state index is 6.51. The Bertz CT molecular complexity index is 811. The van der Waals surface area contributed by atoms with E-state index in [1.165, 1.54) is 11.2 Å². The fraction of sp³-hybridized carbons (Fsp3) is 0.312. The van der Waals surface area contributed by atoms with E-state index in [4.69, 9.17) is 11.6 Å². The first kappa shape index (κ1) is 16.1. The molecular weight excluding hydrogens is 330 g/mol. The number of thioether (sulfide) groups is 1. The van der Waals surface area contributed by atoms with Gasteiger partial charge in [-0.2, -0.15) is 19.6 Å². The molecule has 0 radical (unpaired) electrons. The lowest BCUT2D eigenvalue weighted by atomic mass is 10.1. The van der Waals surface area contributed by atoms with E-state index in [-0.39, 0.29) is 0 Å². The second-order valence-corrected chi connectivity index (χ2v) is 6.21. The summed E-state index contributed by atoms with van der Waals surface area (Å²) in [6.07, 6.45) is 3.57. The van der Waals surface area contributed by atoms with Gasteiger partial charge in [0.2, 0.25) is 0 Å². The minimum Gasteiger partial charge on any atom is -0.356 e. The molecule has 0 aliphatic carbocycles. The third-order valence-corrected chi connectivity index (χ3v) is 4.82. The summed E-state index contributed by atoms with van der Waals surface area (Å²) in [6.45, 7) is 5.92. The molecule has 0 fully saturated rings. The second-order valence-electron chi connectivity index (χ2n) is 4.97. The van der Waals surface area contributed by atoms with Crippen molar-refractivity contribution in [2.24, 2.45) is 0 Å². The predicted molar refractivity (Wildman–Crippen MR) is 96.6 cm³/mol. The molecule has 0 saturated heterocycles. The fourth-order valence-corrected chi connectivity index (χ4v) is 3.30. The summed E-state index contributed by atoms with van der Waals surface area (Å²) in [7, 11) is 0. The lowest BCUT2D eigenvalue weighted by molar-refractivity contribution is 0.801. The Morgan fingerprint density at radius 2 is 1.87 bits per heavy atom. The zero-order valence-electron chi connectivity index (χ0n) is 13.3. The quantitative estimate of drug-likeness (QED) is 0.515. The summed E-state index contributed by atoms with van der Waals surface area (Å²) in [4.78, 5) is 12.0. The predicted octanol–water partition coefficient (Wildman–Crippen LogP) is 4.01. The number of hydrogen-bond donors (Lipinski definition) is 0. The Hall–Kier alpha value is -1.79. The van der Waals surface area contributed by atoms with Crippen molar-refractivity contribution in [2.45, 2.75) is 18.7 Å². The molecule has 2 heterocycles. The van der Waals surface area contributed by atoms with Crippen LogP contribution in [0.15, 0.2) is 35.5 Å². The van der Waals surface area contributed by atoms with Crippen LogP contribution >= 0.6 is 23.4 Å². The van der Waals surface area contributed by atoms with Crippen molar-refractivity contribution in [3.05, 3.63) is 35.7 Å². The Kier molecular flexibility index (Phi) is 4.73. The summed E-state index contributed by atoms with van der Waals surface area (Å²) in [5, 5.41) is 4.78. The molecule has 0 amide bonds. The molecular formula is C16H18ClN5S. The van der Waals surface area contributed by atoms with Crippen LogP contribution in [0.2, 0.25) is 5.15 Å². The molecule has 2 aromatic heterocycles. The first-order chi connectivity index (χ1) is 11.2. The van der Waals surface area contributed by atoms with E-state index >= 15 is 0 Å². The SMILES string of the molecule is CCN(CC)c1c(-c2ccc(SC)cc2)c(Cl)nc2ncnn12. The maximum Gasteiger partial charge on any atom is 0.255 e. The Morgan fingerprint density at radius 3 is 2.48 bits per heavy atom. The van der Waals surface area contributed by atoms with Crippen LogP contribution in [0.25, 0.3) is 16.9 Å². The van der Waals surface area contributed by atoms with Gasteiger partial charge in [0, 0.05) is 18.0 Å². The van der Waals surface area contributed by atoms with Crippen LogP contribution < -0.4 is 4.90 Å². The number of rotatable bonds is 5. The van der Waals surface area contributed by atoms with E-state index in [1.807, 2.05) is 0 Å². The van der Waals surface area contributed by atoms with E-state index < -0.39 is 0 Å². The van der Waals surface area contributed by atoms with Crippen LogP contribution in [0.1, 0.15) is 13.8 Å². The molecule has 0 spiro atoms. The average molecular weight is 348 g/mol. The Labute approximate surface area is 144 Å². The van der Waals surface area contributed by atoms with E-state index in [0.29, 0.717) is 10.9 Å². The minimum absolute atomic E-state index is 0.448. The lowest BCUT2D eigenvalue weighted by Crippen LogP contribution is -2.26. The lowest BCUT2D eigenvalue weighted by Gasteiger charge is -2.24. The van der Waals surface area contributed by atoms with Crippen molar-refractivity contribution >= 4 is 35.0 Å². The van der Waals surface area contributed by atoms with Crippen LogP contribution in [0, 0.1) is 0 Å². The van der Waals surface area contributed by atoms with Crippen LogP contribution in [0.5, 0.6) is 0 Å². The first-order valence-electron chi connectivity index (χ1n) is 7.48. The van der Waals surface area contributed by atoms with Crippen molar-refractivity contribution in [1.29, 1.82) is 0 Å². The topological polar surface area (TPSA) is 46.3 Å². The van der Waals surface area contributed by atoms with Crippen molar-refractivity contribution in [3.63, 3.8) is 0 Å². The van der Waals surface area contributed by atoms with Crippen LogP contribution in [-0.4, -0.2) is 38.9 Å². The Balaban J connectivity index is 2.28. The molecule has 1 aromatic carbocycles. The third kappa shape index (κ3) is 2.88. The molecule has 23 heavy (non-hydrogen) atoms. The minimum atomic E-state index is 0.448. The van der Waals surface area contributed by atoms with Crippen molar-refractivity contribution in [3.8, 4) is 11.1 Å². The zero-order chi connectivity index (χ0) is 16.4. The molecule has 3 rings (SSSR count). The zero-order valence-corrected chi connectivity index (χ0v) is 14.9. The molecule has 0 atom stereocenters. The number of anilines is 1. The van der Waals surface area contributed by atoms with Gasteiger partial charge in [-0.15, -0.1) is 11.8 Å². The normalized spacial score (nSPS) is 11.1. The van der Waals surface area contributed by atoms with E-state index in [0.717, 1.165) is 30.0 Å². The smallest absolute Gasteiger partial charge is 0.255 e. The summed E-state index contributed by atoms with van der Waals surface area (Å²) < 4.78 is 1.76. The number of benzene rings is 1. The highest BCUT2D eigenvalue weighted by Crippen LogP contribution is 2.36. The van der Waals surface area contributed by atoms with Gasteiger partial charge in [0.1, 0.15) is 17.3 Å². The standard InChI is InChI=1S/C16H18ClN5S/c1-4-21(5-2)15-13(11-6-8-12(23-3)9-7-11)14(17)20-16-18-10-19-22(15)16/h6-10H,4-5H2,1-3H3. The van der Waals surface area contributed by atoms with Gasteiger partial charge < -0.3 is 4.90 Å². The largest absolute Gasteiger partial charge is 0.356 e. The van der Waals surface area contributed by atoms with E-state index in [1.54, 1.807) is 16.3 Å². The van der Waals surface area contributed by atoms with Gasteiger partial charge in [0.15, 0.2) is 0 Å². The molecule has 7 heteroatoms. The highest BCUT2D eigenvalue weighted by molar-refractivity contribution is 7.98. The van der Waals surface area contributed by atoms with E-state index in [2.05, 4.69) is 64.3 Å². The highest BCUT2D eigenvalue weighted by Gasteiger charge is 2.20. The molecule has 5 nitrogen and oxygen atoms in total. The van der Waals surface area contributed by atoms with Gasteiger partial charge in [0.05, 0.1) is 5.56 Å². The van der Waals surface area contributed by atoms with Crippen LogP contribution in [-0.2, 0) is 0 Å². The molecule has 0 N–H and O–H groups in total. The van der Waals surface area contributed by atoms with Crippen molar-refractivity contribution < 1.29 is 0 Å². The highest BCUT2D eigenvalue weighted by atomic mass is 35.5. The first-order valence-corrected chi connectivity index (χ1v) is 9.08. The Morgan fingerprint density at radius 1 is 1.17 bits per heavy atom. The average Bonchev–Trinajstić information content (AvgIpc) is 3.04. The number of nitrogens with zero attached hydrogens (tertiary/aromatic N) is 5. The second kappa shape index (κ2) is 6.76. The van der Waals surface area contributed by atoms with Crippen molar-refractivity contribution in [2.75, 3.05) is 24.2 Å². The molecule has 120 valence electrons. The number of aromatic nitrogens is 4. The van der Waals surface area contributed by atoms with Crippen molar-refractivity contribution in [1.82, 2.24) is 19.6 Å². The number of halogens is 1. The summed E-state index contributed by atoms with van der Waals surface area (Å²) in [6, 6.07) is 8.33. The molecule has 0 aliphatic rings. The summed E-state index contributed by atoms with van der Waals surface area (Å²) in [5.41, 5.74) is 1.92. The third-order valence-electron chi connectivity index (χ3n) is 3.80. The molecule has 0 unspecified atom stereocenters. The van der Waals surface area contributed by atoms with Gasteiger partial charge in [-0.05, 0) is 37.8 Å². The number of fused-ring (bicyclic) bond motifs is 1. The molecule has 3 aromatic rings. The molecule has 0 saturated carbocycles. The summed E-state index contributed by atoms with van der Waals surface area (Å²) >= 11 is 8.22. The van der Waals surface area contributed by atoms with E-state index in [9.17, 15) is 0 Å². The van der Waals surface area contributed by atoms with Gasteiger partial charge in [-0.25, -0.2) is 0 Å². The van der Waals surface area contributed by atoms with Crippen LogP contribution in [0.3, 0.4) is 0 Å². The van der Waals surface area contributed by atoms with Gasteiger partial charge >= 0.3 is 0 Å². The summed E-state index contributed by atoms with van der Waals surface area (Å²) in [5.74, 6) is 1.45. The molecule has 0 aliphatic heterocycles. The maximum atomic E-state index is 6.51. The fourth-order valence-electron chi connectivity index (χ4n) is 2.62. The molecule has 0 bridgehead atoms. The van der Waals surface area contributed by atoms with Gasteiger partial charge in [0.25, 0.3) is 5.78 Å². The van der Waals surface area contributed by atoms with Gasteiger partial charge in [-0.1, -0.05) is 23.7 Å². The van der Waals surface area contributed by atoms with Gasteiger partial charge in [-0.3, -0.25) is 0 Å². The number of hydrogen-bond acceptors (Lipinski definition) is 5.